The first-order chi connectivity index (χ1) is 9.60. The highest BCUT2D eigenvalue weighted by atomic mass is 16.5. The highest BCUT2D eigenvalue weighted by Gasteiger charge is 2.20. The third-order valence-electron chi connectivity index (χ3n) is 3.39. The molecule has 2 aromatic rings. The largest absolute Gasteiger partial charge is 0.481 e. The Morgan fingerprint density at radius 2 is 2.25 bits per heavy atom. The highest BCUT2D eigenvalue weighted by molar-refractivity contribution is 5.87. The first-order valence-corrected chi connectivity index (χ1v) is 6.12. The van der Waals surface area contributed by atoms with E-state index in [1.165, 1.54) is 19.4 Å². The average molecular weight is 272 g/mol. The minimum Gasteiger partial charge on any atom is -0.481 e. The van der Waals surface area contributed by atoms with Crippen LogP contribution in [0.3, 0.4) is 0 Å². The Morgan fingerprint density at radius 1 is 1.45 bits per heavy atom. The second-order valence-electron chi connectivity index (χ2n) is 4.55. The van der Waals surface area contributed by atoms with E-state index in [9.17, 15) is 9.59 Å². The van der Waals surface area contributed by atoms with Gasteiger partial charge >= 0.3 is 5.97 Å². The molecule has 6 heteroatoms. The van der Waals surface area contributed by atoms with Gasteiger partial charge in [-0.15, -0.1) is 0 Å². The van der Waals surface area contributed by atoms with Crippen molar-refractivity contribution in [3.63, 3.8) is 0 Å². The van der Waals surface area contributed by atoms with Crippen LogP contribution in [0.25, 0.3) is 11.4 Å². The molecule has 0 atom stereocenters. The van der Waals surface area contributed by atoms with Crippen LogP contribution >= 0.6 is 0 Å². The first kappa shape index (κ1) is 12.4. The van der Waals surface area contributed by atoms with Gasteiger partial charge < -0.3 is 14.4 Å². The molecule has 0 saturated heterocycles. The lowest BCUT2D eigenvalue weighted by atomic mass is 10.0. The Hall–Kier alpha value is -2.63. The second kappa shape index (κ2) is 4.48. The molecule has 1 aliphatic rings. The minimum atomic E-state index is -1.21. The minimum absolute atomic E-state index is 0.222. The monoisotopic (exact) mass is 272 g/mol. The van der Waals surface area contributed by atoms with Crippen molar-refractivity contribution in [3.05, 3.63) is 45.7 Å². The lowest BCUT2D eigenvalue weighted by Crippen LogP contribution is -2.22. The molecule has 0 bridgehead atoms. The highest BCUT2D eigenvalue weighted by Crippen LogP contribution is 2.28. The van der Waals surface area contributed by atoms with Crippen LogP contribution < -0.4 is 10.2 Å². The van der Waals surface area contributed by atoms with E-state index < -0.39 is 11.4 Å². The molecule has 1 aliphatic heterocycles. The molecule has 0 saturated carbocycles. The van der Waals surface area contributed by atoms with Crippen molar-refractivity contribution in [1.29, 1.82) is 0 Å². The molecular weight excluding hydrogens is 260 g/mol. The predicted molar refractivity (Wildman–Crippen MR) is 71.1 cm³/mol. The predicted octanol–water partition coefficient (Wildman–Crippen LogP) is 1.17. The van der Waals surface area contributed by atoms with Gasteiger partial charge in [-0.05, 0) is 12.0 Å². The zero-order valence-electron chi connectivity index (χ0n) is 10.8. The van der Waals surface area contributed by atoms with E-state index in [1.54, 1.807) is 10.6 Å². The van der Waals surface area contributed by atoms with E-state index in [4.69, 9.17) is 9.84 Å². The quantitative estimate of drug-likeness (QED) is 0.887. The van der Waals surface area contributed by atoms with Crippen LogP contribution in [0.4, 0.5) is 0 Å². The van der Waals surface area contributed by atoms with Gasteiger partial charge in [0, 0.05) is 24.9 Å². The summed E-state index contributed by atoms with van der Waals surface area (Å²) in [4.78, 5) is 27.2. The number of hydrogen-bond donors (Lipinski definition) is 1. The van der Waals surface area contributed by atoms with Gasteiger partial charge in [-0.25, -0.2) is 9.78 Å². The average Bonchev–Trinajstić information content (AvgIpc) is 2.45. The molecule has 20 heavy (non-hydrogen) atoms. The van der Waals surface area contributed by atoms with Crippen LogP contribution in [0.5, 0.6) is 5.88 Å². The van der Waals surface area contributed by atoms with Crippen molar-refractivity contribution >= 4 is 5.97 Å². The summed E-state index contributed by atoms with van der Waals surface area (Å²) < 4.78 is 6.84. The number of aryl methyl sites for hydroxylation is 2. The van der Waals surface area contributed by atoms with Gasteiger partial charge in [0.2, 0.25) is 5.88 Å². The van der Waals surface area contributed by atoms with Crippen LogP contribution in [-0.4, -0.2) is 27.7 Å². The van der Waals surface area contributed by atoms with E-state index in [1.807, 2.05) is 6.07 Å². The summed E-state index contributed by atoms with van der Waals surface area (Å²) >= 11 is 0. The molecule has 0 radical (unpaired) electrons. The Labute approximate surface area is 114 Å². The molecule has 3 rings (SSSR count). The number of carboxylic acid groups (broad SMARTS) is 1. The Morgan fingerprint density at radius 3 is 2.95 bits per heavy atom. The van der Waals surface area contributed by atoms with Gasteiger partial charge in [0.15, 0.2) is 5.43 Å². The van der Waals surface area contributed by atoms with Crippen LogP contribution in [0.1, 0.15) is 15.9 Å². The SMILES string of the molecule is COc1ccc2c(n1)-c1cc(=O)c(C(=O)O)cn1CC2. The number of nitrogens with zero attached hydrogens (tertiary/aromatic N) is 2. The molecule has 3 heterocycles. The van der Waals surface area contributed by atoms with Gasteiger partial charge in [-0.1, -0.05) is 6.07 Å². The van der Waals surface area contributed by atoms with Crippen LogP contribution in [0, 0.1) is 0 Å². The number of hydrogen-bond acceptors (Lipinski definition) is 4. The fourth-order valence-corrected chi connectivity index (χ4v) is 2.37. The molecule has 0 fully saturated rings. The molecule has 0 aromatic carbocycles. The normalized spacial score (nSPS) is 12.4. The molecule has 0 amide bonds. The third-order valence-corrected chi connectivity index (χ3v) is 3.39. The number of carboxylic acids is 1. The molecule has 0 aliphatic carbocycles. The third kappa shape index (κ3) is 1.85. The fourth-order valence-electron chi connectivity index (χ4n) is 2.37. The van der Waals surface area contributed by atoms with E-state index >= 15 is 0 Å². The maximum Gasteiger partial charge on any atom is 0.341 e. The summed E-state index contributed by atoms with van der Waals surface area (Å²) in [5, 5.41) is 9.00. The first-order valence-electron chi connectivity index (χ1n) is 6.12. The number of carbonyl (C=O) groups is 1. The molecule has 0 unspecified atom stereocenters. The number of fused-ring (bicyclic) bond motifs is 3. The fraction of sp³-hybridized carbons (Fsp3) is 0.214. The summed E-state index contributed by atoms with van der Waals surface area (Å²) in [5.74, 6) is -0.748. The van der Waals surface area contributed by atoms with Crippen LogP contribution in [0.2, 0.25) is 0 Å². The van der Waals surface area contributed by atoms with Crippen LogP contribution in [-0.2, 0) is 13.0 Å². The zero-order chi connectivity index (χ0) is 14.3. The Kier molecular flexibility index (Phi) is 2.78. The van der Waals surface area contributed by atoms with Gasteiger partial charge in [-0.3, -0.25) is 4.79 Å². The number of aromatic carboxylic acids is 1. The lowest BCUT2D eigenvalue weighted by Gasteiger charge is -2.21. The molecular formula is C14H12N2O4. The van der Waals surface area contributed by atoms with Crippen molar-refractivity contribution in [1.82, 2.24) is 9.55 Å². The van der Waals surface area contributed by atoms with Crippen molar-refractivity contribution in [2.24, 2.45) is 0 Å². The van der Waals surface area contributed by atoms with Crippen molar-refractivity contribution < 1.29 is 14.6 Å². The number of aromatic nitrogens is 2. The second-order valence-corrected chi connectivity index (χ2v) is 4.55. The van der Waals surface area contributed by atoms with Gasteiger partial charge in [0.05, 0.1) is 18.5 Å². The zero-order valence-corrected chi connectivity index (χ0v) is 10.8. The summed E-state index contributed by atoms with van der Waals surface area (Å²) in [7, 11) is 1.53. The Bertz CT molecular complexity index is 764. The maximum absolute atomic E-state index is 11.8. The number of pyridine rings is 2. The van der Waals surface area contributed by atoms with Crippen molar-refractivity contribution in [3.8, 4) is 17.3 Å². The molecule has 102 valence electrons. The van der Waals surface area contributed by atoms with E-state index in [-0.39, 0.29) is 5.56 Å². The van der Waals surface area contributed by atoms with Gasteiger partial charge in [-0.2, -0.15) is 0 Å². The smallest absolute Gasteiger partial charge is 0.341 e. The van der Waals surface area contributed by atoms with Gasteiger partial charge in [0.1, 0.15) is 5.56 Å². The molecule has 1 N–H and O–H groups in total. The maximum atomic E-state index is 11.8. The molecule has 0 spiro atoms. The van der Waals surface area contributed by atoms with Gasteiger partial charge in [0.25, 0.3) is 0 Å². The van der Waals surface area contributed by atoms with Crippen LogP contribution in [0.15, 0.2) is 29.2 Å². The van der Waals surface area contributed by atoms with Crippen molar-refractivity contribution in [2.45, 2.75) is 13.0 Å². The standard InChI is InChI=1S/C14H12N2O4/c1-20-12-3-2-8-4-5-16-7-9(14(18)19)11(17)6-10(16)13(8)15-12/h2-3,6-7H,4-5H2,1H3,(H,18,19). The summed E-state index contributed by atoms with van der Waals surface area (Å²) in [5.41, 5.74) is 1.58. The molecule has 6 nitrogen and oxygen atoms in total. The number of methoxy groups -OCH3 is 1. The summed E-state index contributed by atoms with van der Waals surface area (Å²) in [6, 6.07) is 5.02. The van der Waals surface area contributed by atoms with E-state index in [2.05, 4.69) is 4.98 Å². The topological polar surface area (TPSA) is 81.4 Å². The molecule has 2 aromatic heterocycles. The lowest BCUT2D eigenvalue weighted by molar-refractivity contribution is 0.0694. The Balaban J connectivity index is 2.24. The van der Waals surface area contributed by atoms with E-state index in [0.717, 1.165) is 12.0 Å². The summed E-state index contributed by atoms with van der Waals surface area (Å²) in [6.45, 7) is 0.622. The number of ether oxygens (including phenoxy) is 1. The number of rotatable bonds is 2. The van der Waals surface area contributed by atoms with E-state index in [0.29, 0.717) is 23.8 Å². The van der Waals surface area contributed by atoms with Crippen molar-refractivity contribution in [2.75, 3.05) is 7.11 Å². The summed E-state index contributed by atoms with van der Waals surface area (Å²) in [6.07, 6.45) is 2.12.